The fraction of sp³-hybridized carbons (Fsp3) is 0.571. The normalized spacial score (nSPS) is 17.8. The van der Waals surface area contributed by atoms with Crippen molar-refractivity contribution in [1.82, 2.24) is 14.6 Å². The zero-order valence-electron chi connectivity index (χ0n) is 10.9. The first-order valence-corrected chi connectivity index (χ1v) is 6.91. The van der Waals surface area contributed by atoms with Crippen LogP contribution >= 0.6 is 0 Å². The summed E-state index contributed by atoms with van der Waals surface area (Å²) in [5, 5.41) is 7.99. The Kier molecular flexibility index (Phi) is 3.17. The molecule has 1 aliphatic carbocycles. The number of hydrogen-bond donors (Lipinski definition) is 1. The number of rotatable bonds is 2. The van der Waals surface area contributed by atoms with Gasteiger partial charge in [0.15, 0.2) is 5.65 Å². The molecule has 0 bridgehead atoms. The largest absolute Gasteiger partial charge is 0.350 e. The van der Waals surface area contributed by atoms with E-state index in [0.29, 0.717) is 6.04 Å². The lowest BCUT2D eigenvalue weighted by Crippen LogP contribution is -2.19. The first-order valence-electron chi connectivity index (χ1n) is 6.91. The van der Waals surface area contributed by atoms with Crippen LogP contribution in [-0.4, -0.2) is 20.6 Å². The van der Waals surface area contributed by atoms with Crippen LogP contribution in [0.5, 0.6) is 0 Å². The van der Waals surface area contributed by atoms with E-state index in [1.54, 1.807) is 0 Å². The van der Waals surface area contributed by atoms with Gasteiger partial charge in [0.1, 0.15) is 0 Å². The fourth-order valence-electron chi connectivity index (χ4n) is 2.71. The summed E-state index contributed by atoms with van der Waals surface area (Å²) in [6.07, 6.45) is 9.83. The molecule has 2 aromatic heterocycles. The lowest BCUT2D eigenvalue weighted by molar-refractivity contribution is 0.615. The van der Waals surface area contributed by atoms with Gasteiger partial charge in [0.05, 0.1) is 0 Å². The minimum atomic E-state index is 0.546. The molecule has 0 radical (unpaired) electrons. The van der Waals surface area contributed by atoms with Crippen LogP contribution in [0, 0.1) is 6.92 Å². The van der Waals surface area contributed by atoms with Crippen molar-refractivity contribution < 1.29 is 0 Å². The van der Waals surface area contributed by atoms with Gasteiger partial charge in [-0.2, -0.15) is 4.98 Å². The standard InChI is InChI=1S/C14H20N4/c1-11-7-6-10-18-13(11)16-14(17-18)15-12-8-4-2-3-5-9-12/h6-7,10,12H,2-5,8-9H2,1H3,(H,15,17). The van der Waals surface area contributed by atoms with Crippen molar-refractivity contribution in [1.29, 1.82) is 0 Å². The van der Waals surface area contributed by atoms with Crippen molar-refractivity contribution in [2.45, 2.75) is 51.5 Å². The summed E-state index contributed by atoms with van der Waals surface area (Å²) in [5.74, 6) is 0.774. The van der Waals surface area contributed by atoms with Crippen LogP contribution in [0.3, 0.4) is 0 Å². The molecule has 1 N–H and O–H groups in total. The lowest BCUT2D eigenvalue weighted by atomic mass is 10.1. The van der Waals surface area contributed by atoms with Crippen LogP contribution in [0.2, 0.25) is 0 Å². The average molecular weight is 244 g/mol. The summed E-state index contributed by atoms with van der Waals surface area (Å²) in [6, 6.07) is 4.62. The third-order valence-electron chi connectivity index (χ3n) is 3.75. The van der Waals surface area contributed by atoms with E-state index in [9.17, 15) is 0 Å². The number of fused-ring (bicyclic) bond motifs is 1. The summed E-state index contributed by atoms with van der Waals surface area (Å²) in [4.78, 5) is 4.58. The third-order valence-corrected chi connectivity index (χ3v) is 3.75. The minimum absolute atomic E-state index is 0.546. The fourth-order valence-corrected chi connectivity index (χ4v) is 2.71. The van der Waals surface area contributed by atoms with Gasteiger partial charge in [-0.1, -0.05) is 31.7 Å². The molecule has 2 aromatic rings. The molecule has 2 heterocycles. The number of aromatic nitrogens is 3. The van der Waals surface area contributed by atoms with Gasteiger partial charge in [-0.05, 0) is 31.4 Å². The number of nitrogens with one attached hydrogen (secondary N) is 1. The van der Waals surface area contributed by atoms with E-state index >= 15 is 0 Å². The van der Waals surface area contributed by atoms with Gasteiger partial charge in [0.2, 0.25) is 5.95 Å². The smallest absolute Gasteiger partial charge is 0.243 e. The summed E-state index contributed by atoms with van der Waals surface area (Å²) >= 11 is 0. The first-order chi connectivity index (χ1) is 8.83. The summed E-state index contributed by atoms with van der Waals surface area (Å²) in [6.45, 7) is 2.07. The van der Waals surface area contributed by atoms with Gasteiger partial charge in [-0.25, -0.2) is 4.52 Å². The SMILES string of the molecule is Cc1cccn2nc(NC3CCCCCC3)nc12. The molecular formula is C14H20N4. The Morgan fingerprint density at radius 2 is 2.00 bits per heavy atom. The predicted octanol–water partition coefficient (Wildman–Crippen LogP) is 3.17. The van der Waals surface area contributed by atoms with E-state index in [-0.39, 0.29) is 0 Å². The van der Waals surface area contributed by atoms with Gasteiger partial charge in [0.25, 0.3) is 0 Å². The highest BCUT2D eigenvalue weighted by molar-refractivity contribution is 5.49. The van der Waals surface area contributed by atoms with Crippen LogP contribution in [-0.2, 0) is 0 Å². The van der Waals surface area contributed by atoms with Crippen molar-refractivity contribution in [2.24, 2.45) is 0 Å². The second-order valence-electron chi connectivity index (χ2n) is 5.23. The molecule has 18 heavy (non-hydrogen) atoms. The van der Waals surface area contributed by atoms with Gasteiger partial charge in [0, 0.05) is 12.2 Å². The van der Waals surface area contributed by atoms with Crippen molar-refractivity contribution in [3.05, 3.63) is 23.9 Å². The van der Waals surface area contributed by atoms with Gasteiger partial charge in [-0.15, -0.1) is 5.10 Å². The second-order valence-corrected chi connectivity index (χ2v) is 5.23. The molecule has 1 saturated carbocycles. The minimum Gasteiger partial charge on any atom is -0.350 e. The number of anilines is 1. The average Bonchev–Trinajstić information content (AvgIpc) is 2.60. The number of pyridine rings is 1. The topological polar surface area (TPSA) is 42.2 Å². The number of nitrogens with zero attached hydrogens (tertiary/aromatic N) is 3. The molecule has 0 aliphatic heterocycles. The predicted molar refractivity (Wildman–Crippen MR) is 72.8 cm³/mol. The Hall–Kier alpha value is -1.58. The van der Waals surface area contributed by atoms with E-state index in [2.05, 4.69) is 28.4 Å². The number of hydrogen-bond acceptors (Lipinski definition) is 3. The maximum absolute atomic E-state index is 4.58. The molecule has 0 spiro atoms. The van der Waals surface area contributed by atoms with Gasteiger partial charge >= 0.3 is 0 Å². The monoisotopic (exact) mass is 244 g/mol. The zero-order valence-corrected chi connectivity index (χ0v) is 10.9. The molecule has 4 heteroatoms. The van der Waals surface area contributed by atoms with Crippen LogP contribution in [0.15, 0.2) is 18.3 Å². The molecule has 1 fully saturated rings. The quantitative estimate of drug-likeness (QED) is 0.825. The van der Waals surface area contributed by atoms with Crippen molar-refractivity contribution in [2.75, 3.05) is 5.32 Å². The van der Waals surface area contributed by atoms with E-state index < -0.39 is 0 Å². The Morgan fingerprint density at radius 3 is 2.72 bits per heavy atom. The maximum Gasteiger partial charge on any atom is 0.243 e. The maximum atomic E-state index is 4.58. The molecular weight excluding hydrogens is 224 g/mol. The lowest BCUT2D eigenvalue weighted by Gasteiger charge is -2.13. The highest BCUT2D eigenvalue weighted by atomic mass is 15.3. The van der Waals surface area contributed by atoms with Crippen LogP contribution in [0.4, 0.5) is 5.95 Å². The summed E-state index contributed by atoms with van der Waals surface area (Å²) in [7, 11) is 0. The van der Waals surface area contributed by atoms with Gasteiger partial charge in [-0.3, -0.25) is 0 Å². The van der Waals surface area contributed by atoms with Gasteiger partial charge < -0.3 is 5.32 Å². The van der Waals surface area contributed by atoms with Crippen molar-refractivity contribution >= 4 is 11.6 Å². The van der Waals surface area contributed by atoms with Crippen LogP contribution < -0.4 is 5.32 Å². The molecule has 3 rings (SSSR count). The molecule has 4 nitrogen and oxygen atoms in total. The molecule has 96 valence electrons. The van der Waals surface area contributed by atoms with Crippen molar-refractivity contribution in [3.63, 3.8) is 0 Å². The molecule has 0 unspecified atom stereocenters. The second kappa shape index (κ2) is 4.96. The van der Waals surface area contributed by atoms with E-state index in [4.69, 9.17) is 0 Å². The van der Waals surface area contributed by atoms with E-state index in [1.165, 1.54) is 44.1 Å². The summed E-state index contributed by atoms with van der Waals surface area (Å²) in [5.41, 5.74) is 2.12. The Labute approximate surface area is 107 Å². The molecule has 0 atom stereocenters. The highest BCUT2D eigenvalue weighted by Gasteiger charge is 2.14. The van der Waals surface area contributed by atoms with Crippen molar-refractivity contribution in [3.8, 4) is 0 Å². The third kappa shape index (κ3) is 2.33. The van der Waals surface area contributed by atoms with Crippen LogP contribution in [0.1, 0.15) is 44.1 Å². The number of aryl methyl sites for hydroxylation is 1. The zero-order chi connectivity index (χ0) is 12.4. The molecule has 0 aromatic carbocycles. The Balaban J connectivity index is 1.79. The Morgan fingerprint density at radius 1 is 1.22 bits per heavy atom. The van der Waals surface area contributed by atoms with Crippen LogP contribution in [0.25, 0.3) is 5.65 Å². The molecule has 1 aliphatic rings. The Bertz CT molecular complexity index is 524. The highest BCUT2D eigenvalue weighted by Crippen LogP contribution is 2.20. The van der Waals surface area contributed by atoms with E-state index in [0.717, 1.165) is 11.6 Å². The first kappa shape index (κ1) is 11.5. The summed E-state index contributed by atoms with van der Waals surface area (Å²) < 4.78 is 1.86. The molecule has 0 amide bonds. The molecule has 0 saturated heterocycles. The van der Waals surface area contributed by atoms with E-state index in [1.807, 2.05) is 16.8 Å².